The standard InChI is InChI=1S/C21H25N5/c1-5-11-25-14(4)18-20(26-12-10-22-21(25)26)24-19(23-18)17-9-8-15(6-2)16(7-3)13-17/h8-10,12-13H,4-7,11H2,1-3H3,(H,23,24). The van der Waals surface area contributed by atoms with Gasteiger partial charge < -0.3 is 9.88 Å². The molecule has 1 aromatic carbocycles. The molecule has 1 N–H and O–H groups in total. The van der Waals surface area contributed by atoms with Crippen molar-refractivity contribution in [2.45, 2.75) is 40.0 Å². The van der Waals surface area contributed by atoms with E-state index in [0.717, 1.165) is 60.4 Å². The number of hydrogen-bond acceptors (Lipinski definition) is 3. The first-order valence-electron chi connectivity index (χ1n) is 9.40. The Hall–Kier alpha value is -2.82. The van der Waals surface area contributed by atoms with Crippen LogP contribution in [0.1, 0.15) is 44.0 Å². The molecule has 5 nitrogen and oxygen atoms in total. The molecule has 3 aromatic rings. The van der Waals surface area contributed by atoms with Gasteiger partial charge in [0.25, 0.3) is 0 Å². The van der Waals surface area contributed by atoms with Gasteiger partial charge in [0.1, 0.15) is 11.5 Å². The number of aromatic amines is 1. The Bertz CT molecular complexity index is 963. The van der Waals surface area contributed by atoms with Gasteiger partial charge in [-0.25, -0.2) is 9.97 Å². The van der Waals surface area contributed by atoms with Crippen molar-refractivity contribution in [2.24, 2.45) is 0 Å². The maximum Gasteiger partial charge on any atom is 0.216 e. The lowest BCUT2D eigenvalue weighted by atomic mass is 10.00. The van der Waals surface area contributed by atoms with E-state index in [4.69, 9.17) is 4.98 Å². The minimum Gasteiger partial charge on any atom is -0.335 e. The second-order valence-corrected chi connectivity index (χ2v) is 6.67. The molecule has 134 valence electrons. The molecule has 0 atom stereocenters. The number of imidazole rings is 2. The molecule has 0 saturated carbocycles. The van der Waals surface area contributed by atoms with Crippen molar-refractivity contribution in [1.82, 2.24) is 19.5 Å². The number of benzene rings is 1. The van der Waals surface area contributed by atoms with E-state index in [9.17, 15) is 0 Å². The summed E-state index contributed by atoms with van der Waals surface area (Å²) in [7, 11) is 0. The van der Waals surface area contributed by atoms with Gasteiger partial charge in [0.15, 0.2) is 5.82 Å². The van der Waals surface area contributed by atoms with Gasteiger partial charge in [-0.3, -0.25) is 4.57 Å². The van der Waals surface area contributed by atoms with E-state index in [-0.39, 0.29) is 0 Å². The second kappa shape index (κ2) is 6.48. The minimum atomic E-state index is 0.877. The van der Waals surface area contributed by atoms with Crippen LogP contribution in [0.15, 0.2) is 37.2 Å². The highest BCUT2D eigenvalue weighted by atomic mass is 15.4. The first-order chi connectivity index (χ1) is 12.7. The van der Waals surface area contributed by atoms with Crippen LogP contribution in [-0.2, 0) is 12.8 Å². The summed E-state index contributed by atoms with van der Waals surface area (Å²) >= 11 is 0. The molecule has 4 rings (SSSR count). The molecule has 0 bridgehead atoms. The van der Waals surface area contributed by atoms with Crippen molar-refractivity contribution < 1.29 is 0 Å². The molecular weight excluding hydrogens is 322 g/mol. The van der Waals surface area contributed by atoms with Crippen molar-refractivity contribution >= 4 is 11.6 Å². The summed E-state index contributed by atoms with van der Waals surface area (Å²) in [5.41, 5.74) is 5.80. The van der Waals surface area contributed by atoms with E-state index in [1.807, 2.05) is 17.0 Å². The van der Waals surface area contributed by atoms with Crippen molar-refractivity contribution in [1.29, 1.82) is 0 Å². The van der Waals surface area contributed by atoms with Gasteiger partial charge in [-0.1, -0.05) is 39.5 Å². The average molecular weight is 347 g/mol. The molecule has 3 heterocycles. The molecule has 0 unspecified atom stereocenters. The van der Waals surface area contributed by atoms with E-state index < -0.39 is 0 Å². The van der Waals surface area contributed by atoms with Crippen LogP contribution in [0.5, 0.6) is 0 Å². The van der Waals surface area contributed by atoms with Crippen molar-refractivity contribution in [3.63, 3.8) is 0 Å². The Kier molecular flexibility index (Phi) is 4.15. The summed E-state index contributed by atoms with van der Waals surface area (Å²) in [6, 6.07) is 6.63. The number of nitrogens with zero attached hydrogens (tertiary/aromatic N) is 4. The summed E-state index contributed by atoms with van der Waals surface area (Å²) in [6.07, 6.45) is 6.89. The third-order valence-electron chi connectivity index (χ3n) is 5.08. The van der Waals surface area contributed by atoms with Crippen LogP contribution in [0.25, 0.3) is 22.9 Å². The smallest absolute Gasteiger partial charge is 0.216 e. The zero-order valence-electron chi connectivity index (χ0n) is 15.7. The first-order valence-corrected chi connectivity index (χ1v) is 9.40. The number of aryl methyl sites for hydroxylation is 2. The topological polar surface area (TPSA) is 49.7 Å². The predicted octanol–water partition coefficient (Wildman–Crippen LogP) is 4.59. The average Bonchev–Trinajstić information content (AvgIpc) is 3.31. The number of rotatable bonds is 5. The number of fused-ring (bicyclic) bond motifs is 3. The SMILES string of the molecule is C=C1c2[nH]c(-c3ccc(CC)c(CC)c3)nc2-n2ccnc2N1CCC. The van der Waals surface area contributed by atoms with E-state index in [2.05, 4.69) is 60.4 Å². The summed E-state index contributed by atoms with van der Waals surface area (Å²) in [5, 5.41) is 0. The summed E-state index contributed by atoms with van der Waals surface area (Å²) in [6.45, 7) is 11.8. The van der Waals surface area contributed by atoms with Crippen LogP contribution in [0.3, 0.4) is 0 Å². The van der Waals surface area contributed by atoms with Gasteiger partial charge in [-0.15, -0.1) is 0 Å². The van der Waals surface area contributed by atoms with Crippen LogP contribution < -0.4 is 4.90 Å². The van der Waals surface area contributed by atoms with Gasteiger partial charge in [-0.2, -0.15) is 0 Å². The highest BCUT2D eigenvalue weighted by Crippen LogP contribution is 2.36. The second-order valence-electron chi connectivity index (χ2n) is 6.67. The van der Waals surface area contributed by atoms with Gasteiger partial charge >= 0.3 is 0 Å². The van der Waals surface area contributed by atoms with Crippen LogP contribution in [0.4, 0.5) is 5.95 Å². The lowest BCUT2D eigenvalue weighted by Gasteiger charge is -2.29. The van der Waals surface area contributed by atoms with Gasteiger partial charge in [0, 0.05) is 24.5 Å². The van der Waals surface area contributed by atoms with Crippen LogP contribution >= 0.6 is 0 Å². The maximum absolute atomic E-state index is 4.89. The lowest BCUT2D eigenvalue weighted by Crippen LogP contribution is -2.29. The number of nitrogens with one attached hydrogen (secondary N) is 1. The zero-order valence-corrected chi connectivity index (χ0v) is 15.7. The molecule has 0 saturated heterocycles. The monoisotopic (exact) mass is 347 g/mol. The highest BCUT2D eigenvalue weighted by Gasteiger charge is 2.29. The molecule has 2 aromatic heterocycles. The van der Waals surface area contributed by atoms with Crippen molar-refractivity contribution in [2.75, 3.05) is 11.4 Å². The van der Waals surface area contributed by atoms with Crippen molar-refractivity contribution in [3.8, 4) is 17.2 Å². The molecular formula is C21H25N5. The van der Waals surface area contributed by atoms with E-state index in [1.54, 1.807) is 0 Å². The fraction of sp³-hybridized carbons (Fsp3) is 0.333. The van der Waals surface area contributed by atoms with Crippen LogP contribution in [0, 0.1) is 0 Å². The molecule has 1 aliphatic heterocycles. The highest BCUT2D eigenvalue weighted by molar-refractivity contribution is 5.82. The van der Waals surface area contributed by atoms with Crippen LogP contribution in [-0.4, -0.2) is 26.1 Å². The molecule has 0 fully saturated rings. The molecule has 5 heteroatoms. The van der Waals surface area contributed by atoms with E-state index >= 15 is 0 Å². The molecule has 26 heavy (non-hydrogen) atoms. The molecule has 0 radical (unpaired) electrons. The minimum absolute atomic E-state index is 0.877. The third-order valence-corrected chi connectivity index (χ3v) is 5.08. The third kappa shape index (κ3) is 2.46. The Morgan fingerprint density at radius 3 is 2.65 bits per heavy atom. The summed E-state index contributed by atoms with van der Waals surface area (Å²) in [4.78, 5) is 15.1. The van der Waals surface area contributed by atoms with Crippen LogP contribution in [0.2, 0.25) is 0 Å². The van der Waals surface area contributed by atoms with E-state index in [0.29, 0.717) is 0 Å². The fourth-order valence-corrected chi connectivity index (χ4v) is 3.70. The fourth-order valence-electron chi connectivity index (χ4n) is 3.70. The largest absolute Gasteiger partial charge is 0.335 e. The Balaban J connectivity index is 1.82. The molecule has 0 spiro atoms. The first kappa shape index (κ1) is 16.6. The van der Waals surface area contributed by atoms with Gasteiger partial charge in [0.2, 0.25) is 5.95 Å². The summed E-state index contributed by atoms with van der Waals surface area (Å²) in [5.74, 6) is 2.65. The molecule has 1 aliphatic rings. The number of anilines is 1. The van der Waals surface area contributed by atoms with Gasteiger partial charge in [-0.05, 0) is 36.5 Å². The Morgan fingerprint density at radius 1 is 1.12 bits per heavy atom. The number of aromatic nitrogens is 4. The maximum atomic E-state index is 4.89. The van der Waals surface area contributed by atoms with Gasteiger partial charge in [0.05, 0.1) is 5.70 Å². The normalized spacial score (nSPS) is 13.0. The predicted molar refractivity (Wildman–Crippen MR) is 107 cm³/mol. The quantitative estimate of drug-likeness (QED) is 0.734. The zero-order chi connectivity index (χ0) is 18.3. The van der Waals surface area contributed by atoms with Crippen molar-refractivity contribution in [3.05, 3.63) is 54.0 Å². The summed E-state index contributed by atoms with van der Waals surface area (Å²) < 4.78 is 2.04. The lowest BCUT2D eigenvalue weighted by molar-refractivity contribution is 0.821. The van der Waals surface area contributed by atoms with E-state index in [1.165, 1.54) is 11.1 Å². The molecule has 0 amide bonds. The number of H-pyrrole nitrogens is 1. The Morgan fingerprint density at radius 2 is 1.92 bits per heavy atom. The Labute approximate surface area is 154 Å². The molecule has 0 aliphatic carbocycles. The number of hydrogen-bond donors (Lipinski definition) is 1.